The molecule has 4 nitrogen and oxygen atoms in total. The summed E-state index contributed by atoms with van der Waals surface area (Å²) in [5.41, 5.74) is 7.23. The second kappa shape index (κ2) is 8.00. The minimum Gasteiger partial charge on any atom is -0.398 e. The topological polar surface area (TPSA) is 69.2 Å². The SMILES string of the molecule is Nc1c2ccccc2cc2ccccc12.O=[N+]([O-])c1c2ccccc2cc2ccccc12. The molecular formula is C28H20N2O2. The summed E-state index contributed by atoms with van der Waals surface area (Å²) in [7, 11) is 0. The smallest absolute Gasteiger partial charge is 0.284 e. The Bertz CT molecular complexity index is 1510. The van der Waals surface area contributed by atoms with Gasteiger partial charge >= 0.3 is 0 Å². The number of fused-ring (bicyclic) bond motifs is 4. The number of nitrogens with zero attached hydrogens (tertiary/aromatic N) is 1. The maximum absolute atomic E-state index is 11.2. The lowest BCUT2D eigenvalue weighted by atomic mass is 10.0. The molecule has 0 aliphatic heterocycles. The van der Waals surface area contributed by atoms with Crippen LogP contribution in [0.4, 0.5) is 11.4 Å². The van der Waals surface area contributed by atoms with Crippen LogP contribution in [-0.2, 0) is 0 Å². The highest BCUT2D eigenvalue weighted by atomic mass is 16.6. The van der Waals surface area contributed by atoms with Gasteiger partial charge in [0.25, 0.3) is 5.69 Å². The summed E-state index contributed by atoms with van der Waals surface area (Å²) in [6, 6.07) is 35.4. The summed E-state index contributed by atoms with van der Waals surface area (Å²) in [6.45, 7) is 0. The molecule has 32 heavy (non-hydrogen) atoms. The lowest BCUT2D eigenvalue weighted by Gasteiger charge is -2.06. The molecule has 154 valence electrons. The average Bonchev–Trinajstić information content (AvgIpc) is 2.83. The summed E-state index contributed by atoms with van der Waals surface area (Å²) >= 11 is 0. The van der Waals surface area contributed by atoms with Gasteiger partial charge in [-0.1, -0.05) is 84.9 Å². The number of rotatable bonds is 1. The van der Waals surface area contributed by atoms with Gasteiger partial charge in [0.1, 0.15) is 0 Å². The van der Waals surface area contributed by atoms with E-state index in [9.17, 15) is 10.1 Å². The van der Waals surface area contributed by atoms with E-state index < -0.39 is 0 Å². The molecule has 0 amide bonds. The predicted molar refractivity (Wildman–Crippen MR) is 134 cm³/mol. The standard InChI is InChI=1S/C14H9NO2.C14H11N/c16-15(17)14-12-7-3-1-5-10(12)9-11-6-2-4-8-13(11)14;15-14-12-7-3-1-5-10(12)9-11-6-2-4-8-13(11)14/h1-9H;1-9H,15H2. The molecule has 4 heteroatoms. The number of benzene rings is 6. The summed E-state index contributed by atoms with van der Waals surface area (Å²) in [6.07, 6.45) is 0. The van der Waals surface area contributed by atoms with Crippen LogP contribution >= 0.6 is 0 Å². The van der Waals surface area contributed by atoms with Crippen LogP contribution in [0.5, 0.6) is 0 Å². The molecule has 0 saturated heterocycles. The van der Waals surface area contributed by atoms with Crippen molar-refractivity contribution in [2.45, 2.75) is 0 Å². The third-order valence-electron chi connectivity index (χ3n) is 5.74. The maximum Gasteiger partial charge on any atom is 0.284 e. The van der Waals surface area contributed by atoms with Crippen molar-refractivity contribution in [3.8, 4) is 0 Å². The Morgan fingerprint density at radius 3 is 1.22 bits per heavy atom. The van der Waals surface area contributed by atoms with Crippen LogP contribution in [0.25, 0.3) is 43.1 Å². The fourth-order valence-corrected chi connectivity index (χ4v) is 4.24. The number of nitro benzene ring substituents is 1. The number of hydrogen-bond donors (Lipinski definition) is 1. The third-order valence-corrected chi connectivity index (χ3v) is 5.74. The first-order valence-corrected chi connectivity index (χ1v) is 10.3. The molecule has 0 aliphatic carbocycles. The molecule has 6 aromatic carbocycles. The Kier molecular flexibility index (Phi) is 4.88. The minimum atomic E-state index is -0.301. The van der Waals surface area contributed by atoms with E-state index in [-0.39, 0.29) is 10.6 Å². The number of non-ortho nitro benzene ring substituents is 1. The van der Waals surface area contributed by atoms with Crippen molar-refractivity contribution in [3.05, 3.63) is 119 Å². The Labute approximate surface area is 184 Å². The van der Waals surface area contributed by atoms with Gasteiger partial charge in [-0.05, 0) is 45.8 Å². The van der Waals surface area contributed by atoms with E-state index in [1.54, 1.807) is 12.1 Å². The van der Waals surface area contributed by atoms with Gasteiger partial charge in [-0.15, -0.1) is 0 Å². The molecule has 0 heterocycles. The van der Waals surface area contributed by atoms with Crippen LogP contribution in [0.2, 0.25) is 0 Å². The van der Waals surface area contributed by atoms with E-state index in [0.717, 1.165) is 27.2 Å². The third kappa shape index (κ3) is 3.38. The zero-order chi connectivity index (χ0) is 22.1. The molecule has 0 bridgehead atoms. The highest BCUT2D eigenvalue weighted by molar-refractivity contribution is 6.10. The Morgan fingerprint density at radius 2 is 0.844 bits per heavy atom. The first-order chi connectivity index (χ1) is 15.6. The van der Waals surface area contributed by atoms with Gasteiger partial charge in [-0.25, -0.2) is 0 Å². The molecule has 0 saturated carbocycles. The molecule has 6 rings (SSSR count). The summed E-state index contributed by atoms with van der Waals surface area (Å²) in [4.78, 5) is 10.9. The Hall–Kier alpha value is -4.44. The molecule has 0 fully saturated rings. The van der Waals surface area contributed by atoms with Gasteiger partial charge in [-0.3, -0.25) is 10.1 Å². The number of anilines is 1. The zero-order valence-electron chi connectivity index (χ0n) is 17.2. The number of nitrogens with two attached hydrogens (primary N) is 1. The predicted octanol–water partition coefficient (Wildman–Crippen LogP) is 7.48. The van der Waals surface area contributed by atoms with Crippen LogP contribution < -0.4 is 5.73 Å². The maximum atomic E-state index is 11.2. The van der Waals surface area contributed by atoms with Gasteiger partial charge in [0.15, 0.2) is 0 Å². The highest BCUT2D eigenvalue weighted by Gasteiger charge is 2.16. The normalized spacial score (nSPS) is 10.9. The fourth-order valence-electron chi connectivity index (χ4n) is 4.24. The fraction of sp³-hybridized carbons (Fsp3) is 0. The highest BCUT2D eigenvalue weighted by Crippen LogP contribution is 2.34. The second-order valence-corrected chi connectivity index (χ2v) is 7.66. The van der Waals surface area contributed by atoms with Crippen molar-refractivity contribution < 1.29 is 4.92 Å². The van der Waals surface area contributed by atoms with Crippen LogP contribution in [-0.4, -0.2) is 4.92 Å². The monoisotopic (exact) mass is 416 g/mol. The molecule has 6 aromatic rings. The number of nitrogen functional groups attached to an aromatic ring is 1. The van der Waals surface area contributed by atoms with Crippen LogP contribution in [0.15, 0.2) is 109 Å². The van der Waals surface area contributed by atoms with Gasteiger partial charge in [0.2, 0.25) is 0 Å². The molecule has 0 unspecified atom stereocenters. The molecule has 0 radical (unpaired) electrons. The summed E-state index contributed by atoms with van der Waals surface area (Å²) < 4.78 is 0. The van der Waals surface area contributed by atoms with Gasteiger partial charge < -0.3 is 5.73 Å². The van der Waals surface area contributed by atoms with Crippen LogP contribution in [0.3, 0.4) is 0 Å². The first kappa shape index (κ1) is 19.5. The molecule has 0 aromatic heterocycles. The average molecular weight is 416 g/mol. The van der Waals surface area contributed by atoms with Gasteiger partial charge in [-0.2, -0.15) is 0 Å². The molecule has 0 aliphatic rings. The number of nitro groups is 1. The van der Waals surface area contributed by atoms with E-state index >= 15 is 0 Å². The van der Waals surface area contributed by atoms with Crippen molar-refractivity contribution in [3.63, 3.8) is 0 Å². The minimum absolute atomic E-state index is 0.193. The molecule has 2 N–H and O–H groups in total. The quantitative estimate of drug-likeness (QED) is 0.131. The van der Waals surface area contributed by atoms with E-state index in [4.69, 9.17) is 5.73 Å². The van der Waals surface area contributed by atoms with E-state index in [2.05, 4.69) is 30.3 Å². The van der Waals surface area contributed by atoms with Crippen molar-refractivity contribution in [2.24, 2.45) is 0 Å². The van der Waals surface area contributed by atoms with Crippen molar-refractivity contribution in [1.29, 1.82) is 0 Å². The number of hydrogen-bond acceptors (Lipinski definition) is 3. The van der Waals surface area contributed by atoms with E-state index in [1.165, 1.54) is 10.8 Å². The van der Waals surface area contributed by atoms with Gasteiger partial charge in [0, 0.05) is 16.5 Å². The lowest BCUT2D eigenvalue weighted by molar-refractivity contribution is -0.381. The summed E-state index contributed by atoms with van der Waals surface area (Å²) in [5.74, 6) is 0. The van der Waals surface area contributed by atoms with Crippen LogP contribution in [0, 0.1) is 10.1 Å². The van der Waals surface area contributed by atoms with Crippen molar-refractivity contribution in [2.75, 3.05) is 5.73 Å². The largest absolute Gasteiger partial charge is 0.398 e. The molecule has 0 spiro atoms. The van der Waals surface area contributed by atoms with Crippen molar-refractivity contribution >= 4 is 54.5 Å². The Balaban J connectivity index is 0.000000136. The van der Waals surface area contributed by atoms with E-state index in [0.29, 0.717) is 10.8 Å². The molecule has 0 atom stereocenters. The van der Waals surface area contributed by atoms with Crippen LogP contribution in [0.1, 0.15) is 0 Å². The van der Waals surface area contributed by atoms with Crippen molar-refractivity contribution in [1.82, 2.24) is 0 Å². The lowest BCUT2D eigenvalue weighted by Crippen LogP contribution is -1.91. The molecular weight excluding hydrogens is 396 g/mol. The van der Waals surface area contributed by atoms with E-state index in [1.807, 2.05) is 66.7 Å². The first-order valence-electron chi connectivity index (χ1n) is 10.3. The second-order valence-electron chi connectivity index (χ2n) is 7.66. The Morgan fingerprint density at radius 1 is 0.531 bits per heavy atom. The zero-order valence-corrected chi connectivity index (χ0v) is 17.2. The van der Waals surface area contributed by atoms with Gasteiger partial charge in [0.05, 0.1) is 15.7 Å². The summed E-state index contributed by atoms with van der Waals surface area (Å²) in [5, 5.41) is 19.1.